The van der Waals surface area contributed by atoms with Crippen molar-refractivity contribution in [1.29, 1.82) is 0 Å². The summed E-state index contributed by atoms with van der Waals surface area (Å²) in [6.07, 6.45) is -0.143. The average Bonchev–Trinajstić information content (AvgIpc) is 2.60. The molecule has 1 fully saturated rings. The highest BCUT2D eigenvalue weighted by Gasteiger charge is 2.38. The Kier molecular flexibility index (Phi) is 4.70. The van der Waals surface area contributed by atoms with Gasteiger partial charge in [0.15, 0.2) is 0 Å². The average molecular weight is 231 g/mol. The fraction of sp³-hybridized carbons (Fsp3) is 0.909. The fourth-order valence-corrected chi connectivity index (χ4v) is 1.72. The van der Waals surface area contributed by atoms with E-state index in [0.717, 1.165) is 0 Å². The Morgan fingerprint density at radius 2 is 2.19 bits per heavy atom. The topological polar surface area (TPSA) is 81.8 Å². The highest BCUT2D eigenvalue weighted by atomic mass is 16.6. The molecule has 4 atom stereocenters. The summed E-state index contributed by atoms with van der Waals surface area (Å²) in [7, 11) is 0. The van der Waals surface area contributed by atoms with E-state index in [4.69, 9.17) is 20.3 Å². The lowest BCUT2D eigenvalue weighted by atomic mass is 10.0. The van der Waals surface area contributed by atoms with Crippen LogP contribution in [0.4, 0.5) is 0 Å². The highest BCUT2D eigenvalue weighted by Crippen LogP contribution is 2.27. The first-order chi connectivity index (χ1) is 7.45. The summed E-state index contributed by atoms with van der Waals surface area (Å²) in [6, 6.07) is -0.641. The first-order valence-corrected chi connectivity index (χ1v) is 5.68. The molecule has 0 amide bonds. The fourth-order valence-electron chi connectivity index (χ4n) is 1.72. The summed E-state index contributed by atoms with van der Waals surface area (Å²) >= 11 is 0. The molecule has 0 bridgehead atoms. The predicted molar refractivity (Wildman–Crippen MR) is 58.7 cm³/mol. The second kappa shape index (κ2) is 5.61. The third-order valence-electron chi connectivity index (χ3n) is 2.79. The van der Waals surface area contributed by atoms with Gasteiger partial charge in [0.1, 0.15) is 18.2 Å². The minimum Gasteiger partial charge on any atom is -0.458 e. The van der Waals surface area contributed by atoms with Crippen LogP contribution in [0.25, 0.3) is 0 Å². The van der Waals surface area contributed by atoms with Crippen LogP contribution in [0, 0.1) is 5.92 Å². The number of aliphatic hydroxyl groups is 1. The molecule has 1 saturated heterocycles. The monoisotopic (exact) mass is 231 g/mol. The summed E-state index contributed by atoms with van der Waals surface area (Å²) in [5.41, 5.74) is 5.42. The van der Waals surface area contributed by atoms with Crippen LogP contribution >= 0.6 is 0 Å². The van der Waals surface area contributed by atoms with Crippen molar-refractivity contribution in [2.75, 3.05) is 6.61 Å². The molecule has 1 aliphatic heterocycles. The maximum Gasteiger partial charge on any atom is 0.322 e. The van der Waals surface area contributed by atoms with Gasteiger partial charge in [-0.05, 0) is 12.8 Å². The van der Waals surface area contributed by atoms with Crippen LogP contribution < -0.4 is 5.73 Å². The maximum atomic E-state index is 11.4. The molecule has 1 heterocycles. The van der Waals surface area contributed by atoms with Crippen LogP contribution in [0.3, 0.4) is 0 Å². The lowest BCUT2D eigenvalue weighted by molar-refractivity contribution is -0.154. The Hall–Kier alpha value is -0.650. The molecule has 0 aromatic rings. The van der Waals surface area contributed by atoms with Gasteiger partial charge in [-0.3, -0.25) is 4.79 Å². The maximum absolute atomic E-state index is 11.4. The van der Waals surface area contributed by atoms with Gasteiger partial charge in [0, 0.05) is 6.42 Å². The highest BCUT2D eigenvalue weighted by molar-refractivity contribution is 5.75. The van der Waals surface area contributed by atoms with Gasteiger partial charge < -0.3 is 20.3 Å². The molecule has 5 nitrogen and oxygen atoms in total. The number of carbonyl (C=O) groups is 1. The molecule has 3 N–H and O–H groups in total. The summed E-state index contributed by atoms with van der Waals surface area (Å²) < 4.78 is 10.8. The quantitative estimate of drug-likeness (QED) is 0.668. The lowest BCUT2D eigenvalue weighted by Crippen LogP contribution is -2.36. The van der Waals surface area contributed by atoms with Crippen LogP contribution in [0.1, 0.15) is 27.2 Å². The molecule has 0 saturated carbocycles. The number of hydrogen-bond acceptors (Lipinski definition) is 5. The molecule has 0 aromatic carbocycles. The second-order valence-electron chi connectivity index (χ2n) is 4.64. The van der Waals surface area contributed by atoms with Crippen LogP contribution in [0.15, 0.2) is 0 Å². The van der Waals surface area contributed by atoms with Crippen LogP contribution in [-0.2, 0) is 14.3 Å². The zero-order chi connectivity index (χ0) is 12.3. The van der Waals surface area contributed by atoms with E-state index >= 15 is 0 Å². The standard InChI is InChI=1S/C11H21NO4/c1-6(2)8-4-9(10(5-13)15-8)16-11(14)7(3)12/h6-10,13H,4-5,12H2,1-3H3. The van der Waals surface area contributed by atoms with Gasteiger partial charge in [0.25, 0.3) is 0 Å². The van der Waals surface area contributed by atoms with Crippen LogP contribution in [0.5, 0.6) is 0 Å². The summed E-state index contributed by atoms with van der Waals surface area (Å²) in [4.78, 5) is 11.4. The Balaban J connectivity index is 2.55. The van der Waals surface area contributed by atoms with Crippen molar-refractivity contribution in [2.24, 2.45) is 11.7 Å². The summed E-state index contributed by atoms with van der Waals surface area (Å²) in [5.74, 6) is -0.107. The van der Waals surface area contributed by atoms with Gasteiger partial charge in [0.2, 0.25) is 0 Å². The van der Waals surface area contributed by atoms with Crippen LogP contribution in [0.2, 0.25) is 0 Å². The van der Waals surface area contributed by atoms with E-state index < -0.39 is 18.1 Å². The third kappa shape index (κ3) is 3.17. The van der Waals surface area contributed by atoms with Gasteiger partial charge in [-0.25, -0.2) is 0 Å². The molecule has 0 aromatic heterocycles. The first-order valence-electron chi connectivity index (χ1n) is 5.68. The van der Waals surface area contributed by atoms with E-state index in [1.165, 1.54) is 0 Å². The molecule has 16 heavy (non-hydrogen) atoms. The van der Waals surface area contributed by atoms with Crippen molar-refractivity contribution in [1.82, 2.24) is 0 Å². The molecule has 94 valence electrons. The van der Waals surface area contributed by atoms with E-state index in [2.05, 4.69) is 0 Å². The van der Waals surface area contributed by atoms with Crippen molar-refractivity contribution < 1.29 is 19.4 Å². The Labute approximate surface area is 95.9 Å². The van der Waals surface area contributed by atoms with Crippen molar-refractivity contribution in [3.05, 3.63) is 0 Å². The van der Waals surface area contributed by atoms with E-state index in [0.29, 0.717) is 12.3 Å². The number of nitrogens with two attached hydrogens (primary N) is 1. The molecule has 0 radical (unpaired) electrons. The Morgan fingerprint density at radius 3 is 2.62 bits per heavy atom. The van der Waals surface area contributed by atoms with E-state index in [9.17, 15) is 4.79 Å². The Bertz CT molecular complexity index is 242. The molecule has 4 unspecified atom stereocenters. The van der Waals surface area contributed by atoms with E-state index in [-0.39, 0.29) is 18.8 Å². The Morgan fingerprint density at radius 1 is 1.56 bits per heavy atom. The number of esters is 1. The molecular formula is C11H21NO4. The molecule has 0 aliphatic carbocycles. The minimum absolute atomic E-state index is 0.0306. The molecule has 1 rings (SSSR count). The molecule has 1 aliphatic rings. The number of ether oxygens (including phenoxy) is 2. The number of aliphatic hydroxyl groups excluding tert-OH is 1. The number of carbonyl (C=O) groups excluding carboxylic acids is 1. The second-order valence-corrected chi connectivity index (χ2v) is 4.64. The SMILES string of the molecule is CC(N)C(=O)OC1CC(C(C)C)OC1CO. The van der Waals surface area contributed by atoms with Crippen molar-refractivity contribution in [3.63, 3.8) is 0 Å². The van der Waals surface area contributed by atoms with Gasteiger partial charge in [0.05, 0.1) is 12.7 Å². The lowest BCUT2D eigenvalue weighted by Gasteiger charge is -2.17. The zero-order valence-electron chi connectivity index (χ0n) is 10.1. The van der Waals surface area contributed by atoms with Crippen molar-refractivity contribution in [3.8, 4) is 0 Å². The van der Waals surface area contributed by atoms with Crippen LogP contribution in [-0.4, -0.2) is 42.0 Å². The molecule has 5 heteroatoms. The normalized spacial score (nSPS) is 31.8. The van der Waals surface area contributed by atoms with Gasteiger partial charge in [-0.15, -0.1) is 0 Å². The van der Waals surface area contributed by atoms with E-state index in [1.54, 1.807) is 6.92 Å². The van der Waals surface area contributed by atoms with Crippen molar-refractivity contribution >= 4 is 5.97 Å². The summed E-state index contributed by atoms with van der Waals surface area (Å²) in [5, 5.41) is 9.14. The zero-order valence-corrected chi connectivity index (χ0v) is 10.1. The first kappa shape index (κ1) is 13.4. The van der Waals surface area contributed by atoms with Gasteiger partial charge in [-0.2, -0.15) is 0 Å². The summed E-state index contributed by atoms with van der Waals surface area (Å²) in [6.45, 7) is 5.51. The predicted octanol–water partition coefficient (Wildman–Crippen LogP) is 0.0512. The molecule has 0 spiro atoms. The smallest absolute Gasteiger partial charge is 0.322 e. The third-order valence-corrected chi connectivity index (χ3v) is 2.79. The number of rotatable bonds is 4. The molecular weight excluding hydrogens is 210 g/mol. The van der Waals surface area contributed by atoms with Gasteiger partial charge in [-0.1, -0.05) is 13.8 Å². The minimum atomic E-state index is -0.641. The van der Waals surface area contributed by atoms with Gasteiger partial charge >= 0.3 is 5.97 Å². The van der Waals surface area contributed by atoms with E-state index in [1.807, 2.05) is 13.8 Å². The number of hydrogen-bond donors (Lipinski definition) is 2. The van der Waals surface area contributed by atoms with Crippen molar-refractivity contribution in [2.45, 2.75) is 51.5 Å². The largest absolute Gasteiger partial charge is 0.458 e.